The van der Waals surface area contributed by atoms with Crippen LogP contribution in [-0.4, -0.2) is 13.1 Å². The quantitative estimate of drug-likeness (QED) is 0.536. The zero-order valence-electron chi connectivity index (χ0n) is 10.2. The summed E-state index contributed by atoms with van der Waals surface area (Å²) in [5, 5.41) is 3.56. The summed E-state index contributed by atoms with van der Waals surface area (Å²) in [7, 11) is 0. The zero-order chi connectivity index (χ0) is 10.4. The molecule has 1 aliphatic carbocycles. The minimum absolute atomic E-state index is 0.611. The van der Waals surface area contributed by atoms with Crippen molar-refractivity contribution >= 4 is 0 Å². The monoisotopic (exact) mass is 197 g/mol. The van der Waals surface area contributed by atoms with E-state index in [1.54, 1.807) is 0 Å². The van der Waals surface area contributed by atoms with Gasteiger partial charge in [0.2, 0.25) is 0 Å². The van der Waals surface area contributed by atoms with Gasteiger partial charge >= 0.3 is 0 Å². The van der Waals surface area contributed by atoms with E-state index in [4.69, 9.17) is 0 Å². The molecule has 1 saturated carbocycles. The fourth-order valence-electron chi connectivity index (χ4n) is 2.42. The smallest absolute Gasteiger partial charge is 0.00205 e. The lowest BCUT2D eigenvalue weighted by Crippen LogP contribution is -2.23. The summed E-state index contributed by atoms with van der Waals surface area (Å²) in [4.78, 5) is 0. The van der Waals surface area contributed by atoms with Crippen LogP contribution < -0.4 is 5.32 Å². The average Bonchev–Trinajstić information content (AvgIpc) is 2.28. The SMILES string of the molecule is CCCNCC1CCCC(C)(C)CC1. The second-order valence-corrected chi connectivity index (χ2v) is 5.67. The van der Waals surface area contributed by atoms with Crippen LogP contribution in [0, 0.1) is 11.3 Å². The van der Waals surface area contributed by atoms with E-state index in [0.717, 1.165) is 5.92 Å². The largest absolute Gasteiger partial charge is 0.316 e. The number of rotatable bonds is 4. The molecule has 0 bridgehead atoms. The van der Waals surface area contributed by atoms with Gasteiger partial charge in [-0.1, -0.05) is 27.2 Å². The van der Waals surface area contributed by atoms with Crippen molar-refractivity contribution in [3.63, 3.8) is 0 Å². The van der Waals surface area contributed by atoms with E-state index in [9.17, 15) is 0 Å². The van der Waals surface area contributed by atoms with Gasteiger partial charge in [0.25, 0.3) is 0 Å². The van der Waals surface area contributed by atoms with Crippen molar-refractivity contribution in [1.82, 2.24) is 5.32 Å². The van der Waals surface area contributed by atoms with Crippen molar-refractivity contribution in [2.24, 2.45) is 11.3 Å². The predicted molar refractivity (Wildman–Crippen MR) is 63.5 cm³/mol. The van der Waals surface area contributed by atoms with Crippen LogP contribution in [0.25, 0.3) is 0 Å². The Kier molecular flexibility index (Phi) is 4.94. The minimum atomic E-state index is 0.611. The molecule has 84 valence electrons. The lowest BCUT2D eigenvalue weighted by Gasteiger charge is -2.22. The fourth-order valence-corrected chi connectivity index (χ4v) is 2.42. The molecule has 0 spiro atoms. The Hall–Kier alpha value is -0.0400. The highest BCUT2D eigenvalue weighted by atomic mass is 14.8. The molecule has 14 heavy (non-hydrogen) atoms. The molecule has 1 unspecified atom stereocenters. The molecule has 1 aliphatic rings. The van der Waals surface area contributed by atoms with E-state index in [-0.39, 0.29) is 0 Å². The lowest BCUT2D eigenvalue weighted by atomic mass is 9.85. The summed E-state index contributed by atoms with van der Waals surface area (Å²) in [6.07, 6.45) is 8.43. The summed E-state index contributed by atoms with van der Waals surface area (Å²) in [6.45, 7) is 9.54. The number of hydrogen-bond donors (Lipinski definition) is 1. The zero-order valence-corrected chi connectivity index (χ0v) is 10.2. The molecule has 1 atom stereocenters. The standard InChI is InChI=1S/C13H27N/c1-4-10-14-11-12-6-5-8-13(2,3)9-7-12/h12,14H,4-11H2,1-3H3. The van der Waals surface area contributed by atoms with Gasteiger partial charge in [-0.2, -0.15) is 0 Å². The topological polar surface area (TPSA) is 12.0 Å². The highest BCUT2D eigenvalue weighted by Crippen LogP contribution is 2.35. The summed E-state index contributed by atoms with van der Waals surface area (Å²) in [5.41, 5.74) is 0.611. The number of nitrogens with one attached hydrogen (secondary N) is 1. The average molecular weight is 197 g/mol. The molecule has 1 fully saturated rings. The van der Waals surface area contributed by atoms with E-state index in [1.807, 2.05) is 0 Å². The van der Waals surface area contributed by atoms with Gasteiger partial charge in [0.1, 0.15) is 0 Å². The van der Waals surface area contributed by atoms with Crippen LogP contribution in [-0.2, 0) is 0 Å². The van der Waals surface area contributed by atoms with Crippen LogP contribution in [0.1, 0.15) is 59.3 Å². The molecule has 0 saturated heterocycles. The van der Waals surface area contributed by atoms with Crippen molar-refractivity contribution in [3.8, 4) is 0 Å². The van der Waals surface area contributed by atoms with E-state index in [0.29, 0.717) is 5.41 Å². The lowest BCUT2D eigenvalue weighted by molar-refractivity contribution is 0.306. The normalized spacial score (nSPS) is 27.2. The van der Waals surface area contributed by atoms with Crippen LogP contribution in [0.2, 0.25) is 0 Å². The third kappa shape index (κ3) is 4.45. The molecule has 0 aromatic rings. The first-order valence-corrected chi connectivity index (χ1v) is 6.35. The molecule has 0 amide bonds. The van der Waals surface area contributed by atoms with Crippen LogP contribution in [0.5, 0.6) is 0 Å². The fraction of sp³-hybridized carbons (Fsp3) is 1.00. The second-order valence-electron chi connectivity index (χ2n) is 5.67. The molecule has 0 heterocycles. The Bertz CT molecular complexity index is 151. The summed E-state index contributed by atoms with van der Waals surface area (Å²) in [6, 6.07) is 0. The molecular formula is C13H27N. The van der Waals surface area contributed by atoms with Crippen molar-refractivity contribution in [2.75, 3.05) is 13.1 Å². The molecule has 0 aromatic heterocycles. The van der Waals surface area contributed by atoms with Crippen molar-refractivity contribution in [1.29, 1.82) is 0 Å². The van der Waals surface area contributed by atoms with Crippen LogP contribution >= 0.6 is 0 Å². The highest BCUT2D eigenvalue weighted by molar-refractivity contribution is 4.77. The number of hydrogen-bond acceptors (Lipinski definition) is 1. The molecule has 1 N–H and O–H groups in total. The molecule has 0 aromatic carbocycles. The van der Waals surface area contributed by atoms with Gasteiger partial charge in [-0.25, -0.2) is 0 Å². The van der Waals surface area contributed by atoms with Gasteiger partial charge < -0.3 is 5.32 Å². The molecular weight excluding hydrogens is 170 g/mol. The van der Waals surface area contributed by atoms with Gasteiger partial charge in [0.15, 0.2) is 0 Å². The summed E-state index contributed by atoms with van der Waals surface area (Å²) in [5.74, 6) is 0.948. The van der Waals surface area contributed by atoms with Crippen LogP contribution in [0.15, 0.2) is 0 Å². The Balaban J connectivity index is 2.21. The van der Waals surface area contributed by atoms with Crippen molar-refractivity contribution < 1.29 is 0 Å². The second kappa shape index (κ2) is 5.75. The van der Waals surface area contributed by atoms with Crippen LogP contribution in [0.3, 0.4) is 0 Å². The first-order chi connectivity index (χ1) is 6.64. The molecule has 1 rings (SSSR count). The maximum atomic E-state index is 3.56. The third-order valence-corrected chi connectivity index (χ3v) is 3.56. The maximum Gasteiger partial charge on any atom is -0.00205 e. The Morgan fingerprint density at radius 2 is 2.00 bits per heavy atom. The Morgan fingerprint density at radius 1 is 1.21 bits per heavy atom. The maximum absolute atomic E-state index is 3.56. The van der Waals surface area contributed by atoms with Crippen LogP contribution in [0.4, 0.5) is 0 Å². The predicted octanol–water partition coefficient (Wildman–Crippen LogP) is 3.59. The first-order valence-electron chi connectivity index (χ1n) is 6.35. The van der Waals surface area contributed by atoms with Gasteiger partial charge in [-0.05, 0) is 56.5 Å². The molecule has 1 nitrogen and oxygen atoms in total. The first kappa shape index (κ1) is 12.0. The van der Waals surface area contributed by atoms with E-state index in [1.165, 1.54) is 51.6 Å². The van der Waals surface area contributed by atoms with E-state index >= 15 is 0 Å². The van der Waals surface area contributed by atoms with Gasteiger partial charge in [0, 0.05) is 0 Å². The Morgan fingerprint density at radius 3 is 2.71 bits per heavy atom. The minimum Gasteiger partial charge on any atom is -0.316 e. The summed E-state index contributed by atoms with van der Waals surface area (Å²) >= 11 is 0. The molecule has 1 heteroatoms. The third-order valence-electron chi connectivity index (χ3n) is 3.56. The van der Waals surface area contributed by atoms with Crippen molar-refractivity contribution in [2.45, 2.75) is 59.3 Å². The van der Waals surface area contributed by atoms with Gasteiger partial charge in [-0.15, -0.1) is 0 Å². The molecule has 0 radical (unpaired) electrons. The van der Waals surface area contributed by atoms with E-state index in [2.05, 4.69) is 26.1 Å². The molecule has 0 aliphatic heterocycles. The van der Waals surface area contributed by atoms with Gasteiger partial charge in [0.05, 0.1) is 0 Å². The summed E-state index contributed by atoms with van der Waals surface area (Å²) < 4.78 is 0. The van der Waals surface area contributed by atoms with E-state index < -0.39 is 0 Å². The van der Waals surface area contributed by atoms with Gasteiger partial charge in [-0.3, -0.25) is 0 Å². The Labute approximate surface area is 89.7 Å². The highest BCUT2D eigenvalue weighted by Gasteiger charge is 2.23. The van der Waals surface area contributed by atoms with Crippen molar-refractivity contribution in [3.05, 3.63) is 0 Å².